The Morgan fingerprint density at radius 2 is 1.38 bits per heavy atom. The summed E-state index contributed by atoms with van der Waals surface area (Å²) in [4.78, 5) is 11.0. The monoisotopic (exact) mass is 232 g/mol. The Morgan fingerprint density at radius 3 is 2.00 bits per heavy atom. The van der Waals surface area contributed by atoms with Crippen LogP contribution in [0.15, 0.2) is 0 Å². The van der Waals surface area contributed by atoms with Gasteiger partial charge in [-0.3, -0.25) is 4.79 Å². The molecular weight excluding hydrogens is 208 g/mol. The summed E-state index contributed by atoms with van der Waals surface area (Å²) in [6.07, 6.45) is 7.01. The summed E-state index contributed by atoms with van der Waals surface area (Å²) in [6, 6.07) is 0. The molecule has 0 heterocycles. The lowest BCUT2D eigenvalue weighted by Crippen LogP contribution is -2.06. The molecule has 4 heteroatoms. The molecule has 0 saturated heterocycles. The van der Waals surface area contributed by atoms with Crippen LogP contribution in [0.5, 0.6) is 0 Å². The van der Waals surface area contributed by atoms with E-state index >= 15 is 0 Å². The van der Waals surface area contributed by atoms with Crippen molar-refractivity contribution in [3.8, 4) is 0 Å². The van der Waals surface area contributed by atoms with E-state index < -0.39 is 0 Å². The van der Waals surface area contributed by atoms with Crippen LogP contribution in [0.25, 0.3) is 0 Å². The van der Waals surface area contributed by atoms with E-state index in [9.17, 15) is 4.79 Å². The number of ether oxygens (including phenoxy) is 1. The predicted molar refractivity (Wildman–Crippen MR) is 62.1 cm³/mol. The van der Waals surface area contributed by atoms with Crippen LogP contribution in [0.2, 0.25) is 0 Å². The van der Waals surface area contributed by atoms with Gasteiger partial charge in [0.25, 0.3) is 0 Å². The molecule has 0 saturated carbocycles. The molecule has 4 nitrogen and oxygen atoms in total. The molecular formula is C12H24O4. The zero-order valence-corrected chi connectivity index (χ0v) is 9.99. The summed E-state index contributed by atoms with van der Waals surface area (Å²) in [6.45, 7) is 0.812. The number of esters is 1. The van der Waals surface area contributed by atoms with E-state index in [0.717, 1.165) is 38.5 Å². The van der Waals surface area contributed by atoms with Gasteiger partial charge < -0.3 is 14.9 Å². The van der Waals surface area contributed by atoms with Crippen LogP contribution in [0, 0.1) is 0 Å². The summed E-state index contributed by atoms with van der Waals surface area (Å²) >= 11 is 0. The van der Waals surface area contributed by atoms with Gasteiger partial charge in [-0.25, -0.2) is 0 Å². The average Bonchev–Trinajstić information content (AvgIpc) is 2.30. The van der Waals surface area contributed by atoms with Crippen LogP contribution in [0.3, 0.4) is 0 Å². The third kappa shape index (κ3) is 11.5. The van der Waals surface area contributed by atoms with Crippen molar-refractivity contribution in [2.75, 3.05) is 19.8 Å². The van der Waals surface area contributed by atoms with Crippen molar-refractivity contribution < 1.29 is 19.7 Å². The maximum Gasteiger partial charge on any atom is 0.305 e. The van der Waals surface area contributed by atoms with Crippen LogP contribution < -0.4 is 0 Å². The van der Waals surface area contributed by atoms with Crippen molar-refractivity contribution >= 4 is 5.97 Å². The highest BCUT2D eigenvalue weighted by Gasteiger charge is 2.01. The molecule has 0 rings (SSSR count). The Labute approximate surface area is 97.6 Å². The lowest BCUT2D eigenvalue weighted by molar-refractivity contribution is -0.144. The summed E-state index contributed by atoms with van der Waals surface area (Å²) in [5.74, 6) is -0.214. The molecule has 0 aliphatic carbocycles. The minimum Gasteiger partial charge on any atom is -0.466 e. The van der Waals surface area contributed by atoms with E-state index in [1.807, 2.05) is 0 Å². The summed E-state index contributed by atoms with van der Waals surface area (Å²) in [7, 11) is 0. The molecule has 0 unspecified atom stereocenters. The van der Waals surface area contributed by atoms with Crippen LogP contribution in [0.1, 0.15) is 51.4 Å². The largest absolute Gasteiger partial charge is 0.466 e. The minimum absolute atomic E-state index is 0.0416. The molecule has 0 spiro atoms. The zero-order chi connectivity index (χ0) is 12.1. The van der Waals surface area contributed by atoms with Crippen LogP contribution in [-0.4, -0.2) is 36.0 Å². The number of hydrogen-bond acceptors (Lipinski definition) is 4. The normalized spacial score (nSPS) is 10.4. The standard InChI is InChI=1S/C12H24O4/c13-9-5-3-1-2-4-6-11-16-12(15)8-7-10-14/h13-14H,1-11H2. The van der Waals surface area contributed by atoms with Crippen LogP contribution in [0.4, 0.5) is 0 Å². The second kappa shape index (κ2) is 12.5. The molecule has 0 aromatic heterocycles. The third-order valence-corrected chi connectivity index (χ3v) is 2.35. The van der Waals surface area contributed by atoms with E-state index in [4.69, 9.17) is 14.9 Å². The van der Waals surface area contributed by atoms with E-state index in [-0.39, 0.29) is 19.2 Å². The van der Waals surface area contributed by atoms with Crippen LogP contribution in [-0.2, 0) is 9.53 Å². The van der Waals surface area contributed by atoms with Gasteiger partial charge in [0, 0.05) is 19.6 Å². The number of hydrogen-bond donors (Lipinski definition) is 2. The van der Waals surface area contributed by atoms with Crippen molar-refractivity contribution in [3.63, 3.8) is 0 Å². The number of rotatable bonds is 11. The van der Waals surface area contributed by atoms with Gasteiger partial charge in [0.15, 0.2) is 0 Å². The average molecular weight is 232 g/mol. The predicted octanol–water partition coefficient (Wildman–Crippen LogP) is 1.64. The minimum atomic E-state index is -0.214. The highest BCUT2D eigenvalue weighted by Crippen LogP contribution is 2.05. The summed E-state index contributed by atoms with van der Waals surface area (Å²) in [5, 5.41) is 17.1. The molecule has 0 radical (unpaired) electrons. The molecule has 0 bridgehead atoms. The van der Waals surface area contributed by atoms with Gasteiger partial charge in [-0.15, -0.1) is 0 Å². The van der Waals surface area contributed by atoms with Gasteiger partial charge in [0.05, 0.1) is 6.61 Å². The topological polar surface area (TPSA) is 66.8 Å². The van der Waals surface area contributed by atoms with E-state index in [1.165, 1.54) is 0 Å². The molecule has 16 heavy (non-hydrogen) atoms. The lowest BCUT2D eigenvalue weighted by atomic mass is 10.1. The quantitative estimate of drug-likeness (QED) is 0.420. The van der Waals surface area contributed by atoms with Gasteiger partial charge in [0.2, 0.25) is 0 Å². The third-order valence-electron chi connectivity index (χ3n) is 2.35. The van der Waals surface area contributed by atoms with Crippen LogP contribution >= 0.6 is 0 Å². The number of aliphatic hydroxyl groups is 2. The van der Waals surface area contributed by atoms with Gasteiger partial charge >= 0.3 is 5.97 Å². The number of carbonyl (C=O) groups is 1. The fourth-order valence-electron chi connectivity index (χ4n) is 1.40. The first-order chi connectivity index (χ1) is 7.81. The maximum absolute atomic E-state index is 11.0. The first kappa shape index (κ1) is 15.4. The van der Waals surface area contributed by atoms with Gasteiger partial charge in [-0.05, 0) is 19.3 Å². The van der Waals surface area contributed by atoms with Crippen molar-refractivity contribution in [1.29, 1.82) is 0 Å². The Kier molecular flexibility index (Phi) is 12.0. The molecule has 0 aliphatic rings. The maximum atomic E-state index is 11.0. The van der Waals surface area contributed by atoms with Crippen molar-refractivity contribution in [3.05, 3.63) is 0 Å². The van der Waals surface area contributed by atoms with E-state index in [1.54, 1.807) is 0 Å². The molecule has 2 N–H and O–H groups in total. The SMILES string of the molecule is O=C(CCCO)OCCCCCCCCO. The number of unbranched alkanes of at least 4 members (excludes halogenated alkanes) is 5. The van der Waals surface area contributed by atoms with Crippen molar-refractivity contribution in [2.24, 2.45) is 0 Å². The smallest absolute Gasteiger partial charge is 0.305 e. The fourth-order valence-corrected chi connectivity index (χ4v) is 1.40. The van der Waals surface area contributed by atoms with E-state index in [0.29, 0.717) is 19.4 Å². The lowest BCUT2D eigenvalue weighted by Gasteiger charge is -2.04. The first-order valence-corrected chi connectivity index (χ1v) is 6.18. The molecule has 0 atom stereocenters. The molecule has 0 amide bonds. The Balaban J connectivity index is 3.05. The van der Waals surface area contributed by atoms with Crippen molar-refractivity contribution in [2.45, 2.75) is 51.4 Å². The molecule has 0 aromatic carbocycles. The van der Waals surface area contributed by atoms with Gasteiger partial charge in [0.1, 0.15) is 0 Å². The Hall–Kier alpha value is -0.610. The fraction of sp³-hybridized carbons (Fsp3) is 0.917. The highest BCUT2D eigenvalue weighted by atomic mass is 16.5. The first-order valence-electron chi connectivity index (χ1n) is 6.18. The molecule has 0 aromatic rings. The van der Waals surface area contributed by atoms with Crippen molar-refractivity contribution in [1.82, 2.24) is 0 Å². The zero-order valence-electron chi connectivity index (χ0n) is 9.99. The highest BCUT2D eigenvalue weighted by molar-refractivity contribution is 5.69. The number of aliphatic hydroxyl groups excluding tert-OH is 2. The second-order valence-corrected chi connectivity index (χ2v) is 3.89. The molecule has 0 aliphatic heterocycles. The van der Waals surface area contributed by atoms with E-state index in [2.05, 4.69) is 0 Å². The van der Waals surface area contributed by atoms with Gasteiger partial charge in [-0.2, -0.15) is 0 Å². The molecule has 0 fully saturated rings. The second-order valence-electron chi connectivity index (χ2n) is 3.89. The molecule has 96 valence electrons. The summed E-state index contributed by atoms with van der Waals surface area (Å²) < 4.78 is 4.98. The number of carbonyl (C=O) groups excluding carboxylic acids is 1. The van der Waals surface area contributed by atoms with Gasteiger partial charge in [-0.1, -0.05) is 25.7 Å². The Morgan fingerprint density at radius 1 is 0.812 bits per heavy atom. The summed E-state index contributed by atoms with van der Waals surface area (Å²) in [5.41, 5.74) is 0. The Bertz CT molecular complexity index is 159.